The molecular formula is C15H19FN2OS. The van der Waals surface area contributed by atoms with Gasteiger partial charge >= 0.3 is 0 Å². The van der Waals surface area contributed by atoms with Gasteiger partial charge in [0.25, 0.3) is 0 Å². The Hall–Kier alpha value is -1.46. The van der Waals surface area contributed by atoms with Crippen LogP contribution in [0.15, 0.2) is 29.6 Å². The first kappa shape index (κ1) is 14.9. The molecule has 0 fully saturated rings. The van der Waals surface area contributed by atoms with Gasteiger partial charge in [0.15, 0.2) is 0 Å². The number of rotatable bonds is 7. The molecule has 0 aliphatic carbocycles. The van der Waals surface area contributed by atoms with Crippen molar-refractivity contribution in [3.05, 3.63) is 46.2 Å². The van der Waals surface area contributed by atoms with Crippen molar-refractivity contribution in [3.63, 3.8) is 0 Å². The lowest BCUT2D eigenvalue weighted by atomic mass is 10.3. The van der Waals surface area contributed by atoms with Crippen molar-refractivity contribution in [1.82, 2.24) is 9.88 Å². The molecular weight excluding hydrogens is 275 g/mol. The van der Waals surface area contributed by atoms with E-state index in [4.69, 9.17) is 4.74 Å². The van der Waals surface area contributed by atoms with Crippen molar-refractivity contribution >= 4 is 11.3 Å². The number of halogens is 1. The topological polar surface area (TPSA) is 25.4 Å². The second kappa shape index (κ2) is 7.36. The number of hydrogen-bond donors (Lipinski definition) is 0. The van der Waals surface area contributed by atoms with Gasteiger partial charge in [-0.05, 0) is 37.7 Å². The van der Waals surface area contributed by atoms with Crippen LogP contribution in [0.1, 0.15) is 17.6 Å². The number of likely N-dealkylation sites (N-methyl/N-ethyl adjacent to an activating group) is 1. The van der Waals surface area contributed by atoms with Gasteiger partial charge in [0.2, 0.25) is 0 Å². The SMILES string of the molecule is CCc1nc(CN(C)CCOc2ccc(F)cc2)cs1. The number of ether oxygens (including phenoxy) is 1. The van der Waals surface area contributed by atoms with Gasteiger partial charge in [-0.1, -0.05) is 6.92 Å². The first-order valence-corrected chi connectivity index (χ1v) is 7.55. The maximum absolute atomic E-state index is 12.7. The molecule has 5 heteroatoms. The average Bonchev–Trinajstić information content (AvgIpc) is 2.88. The van der Waals surface area contributed by atoms with Gasteiger partial charge in [0.1, 0.15) is 18.2 Å². The molecule has 0 N–H and O–H groups in total. The van der Waals surface area contributed by atoms with Crippen LogP contribution in [0.25, 0.3) is 0 Å². The molecule has 20 heavy (non-hydrogen) atoms. The van der Waals surface area contributed by atoms with E-state index in [1.807, 2.05) is 7.05 Å². The predicted molar refractivity (Wildman–Crippen MR) is 79.7 cm³/mol. The summed E-state index contributed by atoms with van der Waals surface area (Å²) >= 11 is 1.71. The lowest BCUT2D eigenvalue weighted by Gasteiger charge is -2.15. The number of aryl methyl sites for hydroxylation is 1. The lowest BCUT2D eigenvalue weighted by Crippen LogP contribution is -2.24. The third-order valence-electron chi connectivity index (χ3n) is 2.89. The lowest BCUT2D eigenvalue weighted by molar-refractivity contribution is 0.231. The number of hydrogen-bond acceptors (Lipinski definition) is 4. The van der Waals surface area contributed by atoms with Gasteiger partial charge in [0.05, 0.1) is 10.7 Å². The Kier molecular flexibility index (Phi) is 5.49. The molecule has 3 nitrogen and oxygen atoms in total. The Morgan fingerprint density at radius 3 is 2.70 bits per heavy atom. The van der Waals surface area contributed by atoms with Crippen LogP contribution < -0.4 is 4.74 Å². The summed E-state index contributed by atoms with van der Waals surface area (Å²) in [5.74, 6) is 0.450. The molecule has 0 saturated heterocycles. The fourth-order valence-corrected chi connectivity index (χ4v) is 2.53. The smallest absolute Gasteiger partial charge is 0.123 e. The van der Waals surface area contributed by atoms with Crippen LogP contribution in [-0.4, -0.2) is 30.1 Å². The van der Waals surface area contributed by atoms with Gasteiger partial charge in [0, 0.05) is 18.5 Å². The van der Waals surface area contributed by atoms with Gasteiger partial charge < -0.3 is 4.74 Å². The van der Waals surface area contributed by atoms with Crippen LogP contribution in [0.3, 0.4) is 0 Å². The van der Waals surface area contributed by atoms with Crippen molar-refractivity contribution < 1.29 is 9.13 Å². The van der Waals surface area contributed by atoms with Crippen LogP contribution in [0.4, 0.5) is 4.39 Å². The van der Waals surface area contributed by atoms with Crippen LogP contribution in [-0.2, 0) is 13.0 Å². The number of aromatic nitrogens is 1. The van der Waals surface area contributed by atoms with Gasteiger partial charge in [-0.3, -0.25) is 4.90 Å². The van der Waals surface area contributed by atoms with E-state index in [1.54, 1.807) is 23.5 Å². The third-order valence-corrected chi connectivity index (χ3v) is 3.93. The summed E-state index contributed by atoms with van der Waals surface area (Å²) in [4.78, 5) is 6.70. The van der Waals surface area contributed by atoms with Crippen molar-refractivity contribution in [2.24, 2.45) is 0 Å². The molecule has 1 aromatic heterocycles. The minimum absolute atomic E-state index is 0.246. The highest BCUT2D eigenvalue weighted by atomic mass is 32.1. The Labute approximate surface area is 123 Å². The molecule has 2 rings (SSSR count). The summed E-state index contributed by atoms with van der Waals surface area (Å²) in [6, 6.07) is 6.09. The second-order valence-electron chi connectivity index (χ2n) is 4.63. The normalized spacial score (nSPS) is 11.0. The monoisotopic (exact) mass is 294 g/mol. The van der Waals surface area contributed by atoms with Crippen molar-refractivity contribution in [1.29, 1.82) is 0 Å². The molecule has 1 aromatic carbocycles. The van der Waals surface area contributed by atoms with E-state index in [9.17, 15) is 4.39 Å². The van der Waals surface area contributed by atoms with E-state index in [1.165, 1.54) is 17.1 Å². The summed E-state index contributed by atoms with van der Waals surface area (Å²) in [6.07, 6.45) is 0.988. The summed E-state index contributed by atoms with van der Waals surface area (Å²) in [6.45, 7) is 4.31. The van der Waals surface area contributed by atoms with E-state index >= 15 is 0 Å². The van der Waals surface area contributed by atoms with Crippen molar-refractivity contribution in [2.75, 3.05) is 20.2 Å². The second-order valence-corrected chi connectivity index (χ2v) is 5.57. The first-order valence-electron chi connectivity index (χ1n) is 6.67. The molecule has 0 atom stereocenters. The maximum atomic E-state index is 12.7. The standard InChI is InChI=1S/C15H19FN2OS/c1-3-15-17-13(11-20-15)10-18(2)8-9-19-14-6-4-12(16)5-7-14/h4-7,11H,3,8-10H2,1-2H3. The molecule has 0 amide bonds. The zero-order valence-corrected chi connectivity index (χ0v) is 12.6. The molecule has 0 aliphatic rings. The molecule has 108 valence electrons. The average molecular weight is 294 g/mol. The van der Waals surface area contributed by atoms with Crippen molar-refractivity contribution in [2.45, 2.75) is 19.9 Å². The zero-order valence-electron chi connectivity index (χ0n) is 11.8. The van der Waals surface area contributed by atoms with E-state index in [0.29, 0.717) is 12.4 Å². The van der Waals surface area contributed by atoms with Crippen LogP contribution in [0.5, 0.6) is 5.75 Å². The predicted octanol–water partition coefficient (Wildman–Crippen LogP) is 3.36. The molecule has 0 aliphatic heterocycles. The van der Waals surface area contributed by atoms with Crippen LogP contribution in [0.2, 0.25) is 0 Å². The highest BCUT2D eigenvalue weighted by Crippen LogP contribution is 2.13. The van der Waals surface area contributed by atoms with Crippen LogP contribution >= 0.6 is 11.3 Å². The molecule has 1 heterocycles. The number of nitrogens with zero attached hydrogens (tertiary/aromatic N) is 2. The van der Waals surface area contributed by atoms with E-state index in [-0.39, 0.29) is 5.82 Å². The minimum atomic E-state index is -0.246. The summed E-state index contributed by atoms with van der Waals surface area (Å²) in [7, 11) is 2.04. The molecule has 0 radical (unpaired) electrons. The fourth-order valence-electron chi connectivity index (χ4n) is 1.79. The summed E-state index contributed by atoms with van der Waals surface area (Å²) in [5.41, 5.74) is 1.11. The van der Waals surface area contributed by atoms with E-state index < -0.39 is 0 Å². The minimum Gasteiger partial charge on any atom is -0.492 e. The Bertz CT molecular complexity index is 527. The molecule has 0 spiro atoms. The molecule has 2 aromatic rings. The summed E-state index contributed by atoms with van der Waals surface area (Å²) < 4.78 is 18.3. The Morgan fingerprint density at radius 2 is 2.05 bits per heavy atom. The van der Waals surface area contributed by atoms with Gasteiger partial charge in [-0.2, -0.15) is 0 Å². The fraction of sp³-hybridized carbons (Fsp3) is 0.400. The molecule has 0 saturated carbocycles. The molecule has 0 bridgehead atoms. The quantitative estimate of drug-likeness (QED) is 0.783. The Balaban J connectivity index is 1.72. The Morgan fingerprint density at radius 1 is 1.30 bits per heavy atom. The van der Waals surface area contributed by atoms with Crippen molar-refractivity contribution in [3.8, 4) is 5.75 Å². The highest BCUT2D eigenvalue weighted by Gasteiger charge is 2.05. The largest absolute Gasteiger partial charge is 0.492 e. The van der Waals surface area contributed by atoms with E-state index in [2.05, 4.69) is 22.2 Å². The summed E-state index contributed by atoms with van der Waals surface area (Å²) in [5, 5.41) is 3.28. The third kappa shape index (κ3) is 4.58. The van der Waals surface area contributed by atoms with Crippen LogP contribution in [0, 0.1) is 5.82 Å². The highest BCUT2D eigenvalue weighted by molar-refractivity contribution is 7.09. The first-order chi connectivity index (χ1) is 9.67. The number of benzene rings is 1. The van der Waals surface area contributed by atoms with E-state index in [0.717, 1.165) is 25.2 Å². The van der Waals surface area contributed by atoms with Gasteiger partial charge in [-0.15, -0.1) is 11.3 Å². The van der Waals surface area contributed by atoms with Gasteiger partial charge in [-0.25, -0.2) is 9.37 Å². The molecule has 0 unspecified atom stereocenters. The number of thiazole rings is 1. The maximum Gasteiger partial charge on any atom is 0.123 e. The zero-order chi connectivity index (χ0) is 14.4.